The Kier molecular flexibility index (Phi) is 1.84. The van der Waals surface area contributed by atoms with Crippen molar-refractivity contribution < 1.29 is 12.3 Å². The van der Waals surface area contributed by atoms with Gasteiger partial charge in [-0.05, 0) is 37.1 Å². The third-order valence-electron chi connectivity index (χ3n) is 2.99. The molecule has 0 bridgehead atoms. The molecule has 0 amide bonds. The summed E-state index contributed by atoms with van der Waals surface area (Å²) in [5.41, 5.74) is 1.13. The van der Waals surface area contributed by atoms with Gasteiger partial charge in [-0.1, -0.05) is 59.9 Å². The highest BCUT2D eigenvalue weighted by atomic mass is 35.5. The Bertz CT molecular complexity index is 1170. The van der Waals surface area contributed by atoms with Gasteiger partial charge in [0, 0.05) is 27.5 Å². The van der Waals surface area contributed by atoms with Crippen LogP contribution in [0.2, 0.25) is 5.02 Å². The molecule has 104 valence electrons. The van der Waals surface area contributed by atoms with E-state index in [9.17, 15) is 0 Å². The summed E-state index contributed by atoms with van der Waals surface area (Å²) in [6.45, 7) is 3.29. The highest BCUT2D eigenvalue weighted by Crippen LogP contribution is 2.37. The van der Waals surface area contributed by atoms with Crippen molar-refractivity contribution in [3.63, 3.8) is 0 Å². The molecule has 0 spiro atoms. The topological polar surface area (TPSA) is 12.9 Å². The van der Waals surface area contributed by atoms with E-state index in [1.807, 2.05) is 0 Å². The molecule has 2 aromatic carbocycles. The first-order valence-electron chi connectivity index (χ1n) is 10.7. The first-order valence-corrected chi connectivity index (χ1v) is 6.59. The number of aromatic nitrogens is 1. The van der Waals surface area contributed by atoms with Crippen LogP contribution in [-0.2, 0) is 0 Å². The predicted molar refractivity (Wildman–Crippen MR) is 89.6 cm³/mol. The summed E-state index contributed by atoms with van der Waals surface area (Å²) in [6, 6.07) is -2.69. The van der Waals surface area contributed by atoms with Gasteiger partial charge in [0.2, 0.25) is 0 Å². The van der Waals surface area contributed by atoms with Crippen molar-refractivity contribution in [1.29, 1.82) is 0 Å². The minimum atomic E-state index is -0.530. The number of hydrogen-bond acceptors (Lipinski definition) is 1. The van der Waals surface area contributed by atoms with Gasteiger partial charge in [-0.2, -0.15) is 0 Å². The summed E-state index contributed by atoms with van der Waals surface area (Å²) < 4.78 is 72.6. The molecule has 1 heterocycles. The number of nitrogens with zero attached hydrogens (tertiary/aromatic N) is 1. The number of pyridine rings is 1. The molecule has 0 atom stereocenters. The number of benzene rings is 2. The maximum absolute atomic E-state index is 8.35. The van der Waals surface area contributed by atoms with Crippen LogP contribution in [0.1, 0.15) is 23.7 Å². The van der Waals surface area contributed by atoms with Crippen molar-refractivity contribution in [2.24, 2.45) is 0 Å². The molecule has 0 aliphatic carbocycles. The van der Waals surface area contributed by atoms with Crippen molar-refractivity contribution in [3.8, 4) is 22.3 Å². The zero-order valence-corrected chi connectivity index (χ0v) is 12.2. The standard InChI is InChI=1S/C19H16ClN/c1-13-12-17(15-8-4-3-5-9-15)19(14(2)21-13)16-10-6-7-11-18(16)20/h3-12H,1-2H3/i3D,4D,5D,6D,7D,8D,9D,10D,11D. The first-order chi connectivity index (χ1) is 13.9. The van der Waals surface area contributed by atoms with Gasteiger partial charge in [0.15, 0.2) is 0 Å². The van der Waals surface area contributed by atoms with Crippen LogP contribution in [0.5, 0.6) is 0 Å². The molecule has 21 heavy (non-hydrogen) atoms. The van der Waals surface area contributed by atoms with Gasteiger partial charge in [-0.25, -0.2) is 0 Å². The Morgan fingerprint density at radius 2 is 1.57 bits per heavy atom. The van der Waals surface area contributed by atoms with E-state index >= 15 is 0 Å². The largest absolute Gasteiger partial charge is 0.258 e. The molecule has 0 saturated heterocycles. The quantitative estimate of drug-likeness (QED) is 0.593. The molecule has 2 heteroatoms. The number of rotatable bonds is 2. The summed E-state index contributed by atoms with van der Waals surface area (Å²) >= 11 is 6.31. The van der Waals surface area contributed by atoms with Crippen LogP contribution >= 0.6 is 11.6 Å². The lowest BCUT2D eigenvalue weighted by Crippen LogP contribution is -1.95. The van der Waals surface area contributed by atoms with Crippen LogP contribution in [0.3, 0.4) is 0 Å². The summed E-state index contributed by atoms with van der Waals surface area (Å²) in [5, 5.41) is -0.233. The second-order valence-corrected chi connectivity index (χ2v) is 4.84. The van der Waals surface area contributed by atoms with Gasteiger partial charge in [-0.3, -0.25) is 4.98 Å². The van der Waals surface area contributed by atoms with E-state index in [1.54, 1.807) is 13.8 Å². The fraction of sp³-hybridized carbons (Fsp3) is 0.105. The van der Waals surface area contributed by atoms with E-state index in [2.05, 4.69) is 4.98 Å². The van der Waals surface area contributed by atoms with Gasteiger partial charge >= 0.3 is 0 Å². The van der Waals surface area contributed by atoms with Gasteiger partial charge in [0.05, 0.1) is 12.3 Å². The maximum atomic E-state index is 8.35. The normalized spacial score (nSPS) is 16.6. The third-order valence-corrected chi connectivity index (χ3v) is 3.27. The number of aryl methyl sites for hydroxylation is 2. The zero-order valence-electron chi connectivity index (χ0n) is 20.4. The van der Waals surface area contributed by atoms with E-state index in [0.29, 0.717) is 11.4 Å². The van der Waals surface area contributed by atoms with Gasteiger partial charge in [-0.15, -0.1) is 0 Å². The zero-order chi connectivity index (χ0) is 22.7. The van der Waals surface area contributed by atoms with Crippen LogP contribution < -0.4 is 0 Å². The van der Waals surface area contributed by atoms with Crippen molar-refractivity contribution in [1.82, 2.24) is 4.98 Å². The first kappa shape index (κ1) is 6.76. The average Bonchev–Trinajstić information content (AvgIpc) is 2.69. The van der Waals surface area contributed by atoms with E-state index in [0.717, 1.165) is 0 Å². The SMILES string of the molecule is [2H]c1c([2H])c([2H])c(-c2cc(C)nc(C)c2-c2c([2H])c([2H])c([2H])c([2H])c2Cl)c([2H])c1[2H]. The fourth-order valence-corrected chi connectivity index (χ4v) is 2.38. The predicted octanol–water partition coefficient (Wildman–Crippen LogP) is 5.69. The van der Waals surface area contributed by atoms with Crippen LogP contribution in [-0.4, -0.2) is 4.98 Å². The lowest BCUT2D eigenvalue weighted by atomic mass is 9.93. The van der Waals surface area contributed by atoms with Crippen molar-refractivity contribution in [3.05, 3.63) is 76.9 Å². The molecule has 3 rings (SSSR count). The van der Waals surface area contributed by atoms with Crippen molar-refractivity contribution in [2.45, 2.75) is 13.8 Å². The van der Waals surface area contributed by atoms with Crippen molar-refractivity contribution >= 4 is 11.6 Å². The molecule has 0 fully saturated rings. The second kappa shape index (κ2) is 5.71. The summed E-state index contributed by atoms with van der Waals surface area (Å²) in [7, 11) is 0. The summed E-state index contributed by atoms with van der Waals surface area (Å²) in [4.78, 5) is 4.36. The Morgan fingerprint density at radius 1 is 0.905 bits per heavy atom. The molecule has 0 N–H and O–H groups in total. The van der Waals surface area contributed by atoms with Crippen LogP contribution in [0.25, 0.3) is 22.3 Å². The highest BCUT2D eigenvalue weighted by Gasteiger charge is 2.14. The molecule has 0 radical (unpaired) electrons. The Hall–Kier alpha value is -2.12. The van der Waals surface area contributed by atoms with Gasteiger partial charge in [0.1, 0.15) is 0 Å². The maximum Gasteiger partial charge on any atom is 0.0639 e. The highest BCUT2D eigenvalue weighted by molar-refractivity contribution is 6.33. The molecule has 0 aliphatic heterocycles. The van der Waals surface area contributed by atoms with E-state index in [4.69, 9.17) is 23.9 Å². The smallest absolute Gasteiger partial charge is 0.0639 e. The number of halogens is 1. The lowest BCUT2D eigenvalue weighted by Gasteiger charge is -2.15. The molecule has 0 aliphatic rings. The van der Waals surface area contributed by atoms with Gasteiger partial charge < -0.3 is 0 Å². The summed E-state index contributed by atoms with van der Waals surface area (Å²) in [6.07, 6.45) is 0. The minimum absolute atomic E-state index is 0.0329. The van der Waals surface area contributed by atoms with Crippen LogP contribution in [0.4, 0.5) is 0 Å². The minimum Gasteiger partial charge on any atom is -0.258 e. The Balaban J connectivity index is 2.57. The number of hydrogen-bond donors (Lipinski definition) is 0. The van der Waals surface area contributed by atoms with Crippen molar-refractivity contribution in [2.75, 3.05) is 0 Å². The fourth-order valence-electron chi connectivity index (χ4n) is 2.20. The second-order valence-electron chi connectivity index (χ2n) is 4.46. The van der Waals surface area contributed by atoms with E-state index in [1.165, 1.54) is 6.07 Å². The third kappa shape index (κ3) is 2.70. The average molecular weight is 303 g/mol. The lowest BCUT2D eigenvalue weighted by molar-refractivity contribution is 1.13. The van der Waals surface area contributed by atoms with E-state index in [-0.39, 0.29) is 27.3 Å². The molecular weight excluding hydrogens is 278 g/mol. The summed E-state index contributed by atoms with van der Waals surface area (Å²) in [5.74, 6) is 0. The Morgan fingerprint density at radius 3 is 2.33 bits per heavy atom. The van der Waals surface area contributed by atoms with Gasteiger partial charge in [0.25, 0.3) is 0 Å². The molecular formula is C19H16ClN. The monoisotopic (exact) mass is 302 g/mol. The van der Waals surface area contributed by atoms with Crippen LogP contribution in [0, 0.1) is 13.8 Å². The molecule has 3 aromatic rings. The molecule has 0 saturated carbocycles. The van der Waals surface area contributed by atoms with E-state index < -0.39 is 54.4 Å². The molecule has 1 aromatic heterocycles. The molecule has 0 unspecified atom stereocenters. The van der Waals surface area contributed by atoms with Crippen LogP contribution in [0.15, 0.2) is 60.4 Å². The molecule has 1 nitrogen and oxygen atoms in total. The Labute approximate surface area is 142 Å².